The number of halogens is 1. The first-order valence-corrected chi connectivity index (χ1v) is 6.58. The van der Waals surface area contributed by atoms with Gasteiger partial charge in [-0.1, -0.05) is 0 Å². The van der Waals surface area contributed by atoms with Gasteiger partial charge in [-0.05, 0) is 25.8 Å². The second kappa shape index (κ2) is 6.04. The molecule has 21 heavy (non-hydrogen) atoms. The van der Waals surface area contributed by atoms with E-state index in [0.717, 1.165) is 6.07 Å². The Morgan fingerprint density at radius 2 is 2.24 bits per heavy atom. The lowest BCUT2D eigenvalue weighted by molar-refractivity contribution is -0.385. The maximum Gasteiger partial charge on any atom is 0.285 e. The quantitative estimate of drug-likeness (QED) is 0.487. The molecule has 1 saturated carbocycles. The molecule has 0 heterocycles. The average Bonchev–Trinajstić information content (AvgIpc) is 2.38. The van der Waals surface area contributed by atoms with Crippen LogP contribution in [0, 0.1) is 15.9 Å². The molecule has 3 N–H and O–H groups in total. The van der Waals surface area contributed by atoms with Gasteiger partial charge in [-0.3, -0.25) is 14.9 Å². The summed E-state index contributed by atoms with van der Waals surface area (Å²) >= 11 is 0. The van der Waals surface area contributed by atoms with E-state index in [4.69, 9.17) is 10.5 Å². The molecule has 0 unspecified atom stereocenters. The van der Waals surface area contributed by atoms with E-state index in [0.29, 0.717) is 25.5 Å². The van der Waals surface area contributed by atoms with Crippen LogP contribution in [0.25, 0.3) is 0 Å². The number of carbonyl (C=O) groups is 1. The molecule has 0 aliphatic heterocycles. The molecule has 1 fully saturated rings. The van der Waals surface area contributed by atoms with Crippen molar-refractivity contribution in [2.24, 2.45) is 0 Å². The Kier molecular flexibility index (Phi) is 4.37. The van der Waals surface area contributed by atoms with Gasteiger partial charge < -0.3 is 15.8 Å². The molecule has 1 aliphatic rings. The molecule has 1 amide bonds. The number of amides is 1. The number of nitro benzene ring substituents is 1. The lowest BCUT2D eigenvalue weighted by Gasteiger charge is -2.35. The largest absolute Gasteiger partial charge is 0.396 e. The smallest absolute Gasteiger partial charge is 0.285 e. The molecule has 2 rings (SSSR count). The minimum absolute atomic E-state index is 0.0973. The standard InChI is InChI=1S/C13H16FN3O4/c1-2-21-8-3-7(4-8)16-13(18)9-5-11(15)10(14)6-12(9)17(19)20/h5-8H,2-4,15H2,1H3,(H,16,18). The van der Waals surface area contributed by atoms with Crippen LogP contribution in [0.2, 0.25) is 0 Å². The van der Waals surface area contributed by atoms with Crippen LogP contribution in [-0.2, 0) is 4.74 Å². The van der Waals surface area contributed by atoms with Crippen molar-refractivity contribution in [3.8, 4) is 0 Å². The van der Waals surface area contributed by atoms with E-state index in [9.17, 15) is 19.3 Å². The van der Waals surface area contributed by atoms with Crippen LogP contribution in [0.3, 0.4) is 0 Å². The number of anilines is 1. The number of nitrogen functional groups attached to an aromatic ring is 1. The number of carbonyl (C=O) groups excluding carboxylic acids is 1. The van der Waals surface area contributed by atoms with Crippen molar-refractivity contribution in [3.63, 3.8) is 0 Å². The minimum atomic E-state index is -0.918. The SMILES string of the molecule is CCOC1CC(NC(=O)c2cc(N)c(F)cc2[N+](=O)[O-])C1. The summed E-state index contributed by atoms with van der Waals surface area (Å²) in [6, 6.07) is 1.55. The molecule has 0 radical (unpaired) electrons. The number of nitro groups is 1. The number of ether oxygens (including phenoxy) is 1. The van der Waals surface area contributed by atoms with Crippen LogP contribution >= 0.6 is 0 Å². The van der Waals surface area contributed by atoms with Crippen LogP contribution in [0.5, 0.6) is 0 Å². The first-order chi connectivity index (χ1) is 9.92. The molecular weight excluding hydrogens is 281 g/mol. The molecule has 7 nitrogen and oxygen atoms in total. The molecule has 0 aromatic heterocycles. The number of nitrogens with zero attached hydrogens (tertiary/aromatic N) is 1. The van der Waals surface area contributed by atoms with E-state index in [2.05, 4.69) is 5.32 Å². The zero-order valence-corrected chi connectivity index (χ0v) is 11.5. The highest BCUT2D eigenvalue weighted by Gasteiger charge is 2.32. The predicted molar refractivity (Wildman–Crippen MR) is 73.4 cm³/mol. The molecule has 0 spiro atoms. The maximum absolute atomic E-state index is 13.3. The second-order valence-corrected chi connectivity index (χ2v) is 4.87. The van der Waals surface area contributed by atoms with Gasteiger partial charge in [0, 0.05) is 12.6 Å². The normalized spacial score (nSPS) is 20.7. The van der Waals surface area contributed by atoms with Gasteiger partial charge in [0.05, 0.1) is 22.8 Å². The van der Waals surface area contributed by atoms with Crippen LogP contribution in [0.15, 0.2) is 12.1 Å². The number of hydrogen-bond acceptors (Lipinski definition) is 5. The van der Waals surface area contributed by atoms with E-state index in [-0.39, 0.29) is 23.4 Å². The molecule has 1 aliphatic carbocycles. The van der Waals surface area contributed by atoms with E-state index in [1.807, 2.05) is 6.92 Å². The molecule has 0 bridgehead atoms. The van der Waals surface area contributed by atoms with Crippen molar-refractivity contribution in [1.82, 2.24) is 5.32 Å². The second-order valence-electron chi connectivity index (χ2n) is 4.87. The minimum Gasteiger partial charge on any atom is -0.396 e. The third-order valence-corrected chi connectivity index (χ3v) is 3.39. The van der Waals surface area contributed by atoms with Gasteiger partial charge in [-0.2, -0.15) is 0 Å². The molecule has 0 saturated heterocycles. The Morgan fingerprint density at radius 3 is 2.81 bits per heavy atom. The van der Waals surface area contributed by atoms with E-state index in [1.54, 1.807) is 0 Å². The molecular formula is C13H16FN3O4. The Balaban J connectivity index is 2.09. The van der Waals surface area contributed by atoms with Crippen molar-refractivity contribution >= 4 is 17.3 Å². The van der Waals surface area contributed by atoms with Gasteiger partial charge in [0.25, 0.3) is 11.6 Å². The van der Waals surface area contributed by atoms with Gasteiger partial charge in [0.15, 0.2) is 5.82 Å². The van der Waals surface area contributed by atoms with Crippen molar-refractivity contribution in [2.75, 3.05) is 12.3 Å². The highest BCUT2D eigenvalue weighted by atomic mass is 19.1. The zero-order valence-electron chi connectivity index (χ0n) is 11.5. The van der Waals surface area contributed by atoms with Crippen LogP contribution < -0.4 is 11.1 Å². The van der Waals surface area contributed by atoms with Gasteiger partial charge in [0.2, 0.25) is 0 Å². The highest BCUT2D eigenvalue weighted by molar-refractivity contribution is 5.99. The van der Waals surface area contributed by atoms with Crippen molar-refractivity contribution < 1.29 is 18.8 Å². The van der Waals surface area contributed by atoms with E-state index < -0.39 is 22.3 Å². The number of hydrogen-bond donors (Lipinski definition) is 2. The van der Waals surface area contributed by atoms with Crippen molar-refractivity contribution in [2.45, 2.75) is 31.9 Å². The van der Waals surface area contributed by atoms with Crippen LogP contribution in [0.1, 0.15) is 30.1 Å². The van der Waals surface area contributed by atoms with E-state index >= 15 is 0 Å². The topological polar surface area (TPSA) is 107 Å². The maximum atomic E-state index is 13.3. The summed E-state index contributed by atoms with van der Waals surface area (Å²) in [5.41, 5.74) is 4.23. The first-order valence-electron chi connectivity index (χ1n) is 6.58. The lowest BCUT2D eigenvalue weighted by Crippen LogP contribution is -2.47. The highest BCUT2D eigenvalue weighted by Crippen LogP contribution is 2.27. The number of nitrogens with one attached hydrogen (secondary N) is 1. The third-order valence-electron chi connectivity index (χ3n) is 3.39. The monoisotopic (exact) mass is 297 g/mol. The van der Waals surface area contributed by atoms with Crippen molar-refractivity contribution in [3.05, 3.63) is 33.6 Å². The molecule has 1 aromatic carbocycles. The number of rotatable bonds is 5. The summed E-state index contributed by atoms with van der Waals surface area (Å²) < 4.78 is 18.6. The third kappa shape index (κ3) is 3.27. The fourth-order valence-corrected chi connectivity index (χ4v) is 2.23. The number of benzene rings is 1. The van der Waals surface area contributed by atoms with Gasteiger partial charge in [-0.25, -0.2) is 4.39 Å². The summed E-state index contributed by atoms with van der Waals surface area (Å²) in [6.45, 7) is 2.49. The summed E-state index contributed by atoms with van der Waals surface area (Å²) in [6.07, 6.45) is 1.42. The Bertz CT molecular complexity index is 573. The Labute approximate surface area is 120 Å². The van der Waals surface area contributed by atoms with Gasteiger partial charge >= 0.3 is 0 Å². The Hall–Kier alpha value is -2.22. The predicted octanol–water partition coefficient (Wildman–Crippen LogP) is 1.61. The molecule has 8 heteroatoms. The summed E-state index contributed by atoms with van der Waals surface area (Å²) in [7, 11) is 0. The molecule has 114 valence electrons. The summed E-state index contributed by atoms with van der Waals surface area (Å²) in [4.78, 5) is 22.2. The summed E-state index contributed by atoms with van der Waals surface area (Å²) in [5.74, 6) is -1.55. The Morgan fingerprint density at radius 1 is 1.57 bits per heavy atom. The number of nitrogens with two attached hydrogens (primary N) is 1. The average molecular weight is 297 g/mol. The molecule has 1 aromatic rings. The van der Waals surface area contributed by atoms with E-state index in [1.165, 1.54) is 0 Å². The van der Waals surface area contributed by atoms with Gasteiger partial charge in [-0.15, -0.1) is 0 Å². The first kappa shape index (κ1) is 15.2. The van der Waals surface area contributed by atoms with Crippen LogP contribution in [-0.4, -0.2) is 29.6 Å². The lowest BCUT2D eigenvalue weighted by atomic mass is 9.89. The van der Waals surface area contributed by atoms with Crippen molar-refractivity contribution in [1.29, 1.82) is 0 Å². The van der Waals surface area contributed by atoms with Gasteiger partial charge in [0.1, 0.15) is 5.56 Å². The fraction of sp³-hybridized carbons (Fsp3) is 0.462. The molecule has 0 atom stereocenters. The zero-order chi connectivity index (χ0) is 15.6. The fourth-order valence-electron chi connectivity index (χ4n) is 2.23. The summed E-state index contributed by atoms with van der Waals surface area (Å²) in [5, 5.41) is 13.6. The van der Waals surface area contributed by atoms with Crippen LogP contribution in [0.4, 0.5) is 15.8 Å².